The SMILES string of the molecule is CCCCOc1ccc(/C=C/c2nc3s/c(=C\c4cn(-c5ccccc5)nc4-c4ccc(OC)c(Br)c4)c(=O)n3n2)cc1OC. The van der Waals surface area contributed by atoms with Crippen molar-refractivity contribution in [3.63, 3.8) is 0 Å². The number of hydrogen-bond donors (Lipinski definition) is 0. The van der Waals surface area contributed by atoms with Crippen LogP contribution in [0, 0.1) is 0 Å². The first-order valence-corrected chi connectivity index (χ1v) is 16.0. The average molecular weight is 685 g/mol. The minimum Gasteiger partial charge on any atom is -0.496 e. The standard InChI is InChI=1S/C34H30BrN5O4S/c1-4-5-17-44-28-14-11-22(18-29(28)43-3)12-16-31-36-34-40(37-31)33(41)30(45-34)20-24-21-39(25-9-7-6-8-10-25)38-32(24)23-13-15-27(42-2)26(35)19-23/h6-16,18-21H,4-5,17H2,1-3H3/b16-12+,30-20-. The number of ether oxygens (including phenoxy) is 3. The van der Waals surface area contributed by atoms with E-state index >= 15 is 0 Å². The summed E-state index contributed by atoms with van der Waals surface area (Å²) in [6.07, 6.45) is 9.46. The summed E-state index contributed by atoms with van der Waals surface area (Å²) in [5.74, 6) is 2.52. The lowest BCUT2D eigenvalue weighted by Gasteiger charge is -2.10. The van der Waals surface area contributed by atoms with Crippen LogP contribution in [0.25, 0.3) is 40.1 Å². The molecule has 228 valence electrons. The summed E-state index contributed by atoms with van der Waals surface area (Å²) in [5.41, 5.74) is 3.95. The van der Waals surface area contributed by atoms with Crippen LogP contribution in [0.4, 0.5) is 0 Å². The van der Waals surface area contributed by atoms with Gasteiger partial charge >= 0.3 is 0 Å². The van der Waals surface area contributed by atoms with E-state index in [-0.39, 0.29) is 5.56 Å². The van der Waals surface area contributed by atoms with Crippen LogP contribution in [-0.2, 0) is 0 Å². The van der Waals surface area contributed by atoms with Crippen LogP contribution < -0.4 is 24.3 Å². The largest absolute Gasteiger partial charge is 0.496 e. The molecule has 3 aromatic heterocycles. The second-order valence-electron chi connectivity index (χ2n) is 10.1. The summed E-state index contributed by atoms with van der Waals surface area (Å²) in [5, 5.41) is 9.34. The summed E-state index contributed by atoms with van der Waals surface area (Å²) in [6.45, 7) is 2.77. The highest BCUT2D eigenvalue weighted by Crippen LogP contribution is 2.32. The Balaban J connectivity index is 1.32. The Kier molecular flexibility index (Phi) is 9.08. The predicted octanol–water partition coefficient (Wildman–Crippen LogP) is 6.68. The molecule has 0 aliphatic rings. The van der Waals surface area contributed by atoms with Gasteiger partial charge in [-0.05, 0) is 82.5 Å². The van der Waals surface area contributed by atoms with Gasteiger partial charge in [0.1, 0.15) is 11.4 Å². The summed E-state index contributed by atoms with van der Waals surface area (Å²) < 4.78 is 21.2. The molecule has 3 heterocycles. The van der Waals surface area contributed by atoms with Gasteiger partial charge in [-0.1, -0.05) is 55.0 Å². The third kappa shape index (κ3) is 6.54. The fraction of sp³-hybridized carbons (Fsp3) is 0.176. The van der Waals surface area contributed by atoms with Gasteiger partial charge in [0, 0.05) is 17.3 Å². The first kappa shape index (κ1) is 30.3. The van der Waals surface area contributed by atoms with E-state index in [9.17, 15) is 4.79 Å². The second kappa shape index (κ2) is 13.5. The number of para-hydroxylation sites is 1. The van der Waals surface area contributed by atoms with Crippen LogP contribution in [0.15, 0.2) is 82.2 Å². The van der Waals surface area contributed by atoms with Gasteiger partial charge in [-0.25, -0.2) is 4.68 Å². The minimum absolute atomic E-state index is 0.244. The maximum Gasteiger partial charge on any atom is 0.291 e. The van der Waals surface area contributed by atoms with Gasteiger partial charge in [0.25, 0.3) is 5.56 Å². The summed E-state index contributed by atoms with van der Waals surface area (Å²) in [6, 6.07) is 21.4. The lowest BCUT2D eigenvalue weighted by Crippen LogP contribution is -2.23. The van der Waals surface area contributed by atoms with E-state index in [0.29, 0.717) is 33.4 Å². The van der Waals surface area contributed by atoms with E-state index in [1.54, 1.807) is 20.3 Å². The normalized spacial score (nSPS) is 12.0. The number of nitrogens with zero attached hydrogens (tertiary/aromatic N) is 5. The van der Waals surface area contributed by atoms with Crippen molar-refractivity contribution in [3.05, 3.63) is 109 Å². The molecule has 0 spiro atoms. The molecule has 3 aromatic carbocycles. The van der Waals surface area contributed by atoms with Gasteiger partial charge in [-0.15, -0.1) is 5.10 Å². The number of unbranched alkanes of at least 4 members (excludes halogenated alkanes) is 1. The van der Waals surface area contributed by atoms with Gasteiger partial charge in [0.15, 0.2) is 17.3 Å². The molecule has 0 atom stereocenters. The molecule has 0 aliphatic carbocycles. The first-order valence-electron chi connectivity index (χ1n) is 14.4. The van der Waals surface area contributed by atoms with Gasteiger partial charge < -0.3 is 14.2 Å². The zero-order valence-corrected chi connectivity index (χ0v) is 27.3. The number of aromatic nitrogens is 5. The second-order valence-corrected chi connectivity index (χ2v) is 12.0. The Morgan fingerprint density at radius 2 is 1.73 bits per heavy atom. The number of hydrogen-bond acceptors (Lipinski definition) is 8. The minimum atomic E-state index is -0.244. The molecule has 0 saturated heterocycles. The van der Waals surface area contributed by atoms with Crippen molar-refractivity contribution in [3.8, 4) is 34.2 Å². The monoisotopic (exact) mass is 683 g/mol. The zero-order valence-electron chi connectivity index (χ0n) is 24.9. The van der Waals surface area contributed by atoms with E-state index in [4.69, 9.17) is 19.3 Å². The number of methoxy groups -OCH3 is 2. The molecule has 0 saturated carbocycles. The molecule has 0 aliphatic heterocycles. The van der Waals surface area contributed by atoms with E-state index in [2.05, 4.69) is 32.9 Å². The van der Waals surface area contributed by atoms with E-state index in [1.165, 1.54) is 15.9 Å². The van der Waals surface area contributed by atoms with Gasteiger partial charge in [-0.2, -0.15) is 14.6 Å². The summed E-state index contributed by atoms with van der Waals surface area (Å²) in [7, 11) is 3.25. The Hall–Kier alpha value is -4.74. The van der Waals surface area contributed by atoms with Crippen molar-refractivity contribution >= 4 is 50.5 Å². The van der Waals surface area contributed by atoms with Crippen molar-refractivity contribution in [1.29, 1.82) is 0 Å². The molecule has 6 rings (SSSR count). The molecular formula is C34H30BrN5O4S. The van der Waals surface area contributed by atoms with Crippen LogP contribution in [0.1, 0.15) is 36.7 Å². The lowest BCUT2D eigenvalue weighted by atomic mass is 10.1. The summed E-state index contributed by atoms with van der Waals surface area (Å²) in [4.78, 5) is 18.5. The Bertz CT molecular complexity index is 2100. The smallest absolute Gasteiger partial charge is 0.291 e. The van der Waals surface area contributed by atoms with E-state index in [1.807, 2.05) is 89.8 Å². The molecular weight excluding hydrogens is 654 g/mol. The maximum absolute atomic E-state index is 13.4. The van der Waals surface area contributed by atoms with E-state index < -0.39 is 0 Å². The van der Waals surface area contributed by atoms with Crippen LogP contribution in [0.2, 0.25) is 0 Å². The summed E-state index contributed by atoms with van der Waals surface area (Å²) >= 11 is 4.86. The van der Waals surface area contributed by atoms with Crippen molar-refractivity contribution in [2.45, 2.75) is 19.8 Å². The van der Waals surface area contributed by atoms with Gasteiger partial charge in [-0.3, -0.25) is 4.79 Å². The third-order valence-electron chi connectivity index (χ3n) is 7.04. The molecule has 11 heteroatoms. The Morgan fingerprint density at radius 3 is 2.47 bits per heavy atom. The molecule has 0 unspecified atom stereocenters. The number of rotatable bonds is 11. The van der Waals surface area contributed by atoms with Crippen LogP contribution in [-0.4, -0.2) is 45.2 Å². The van der Waals surface area contributed by atoms with Crippen molar-refractivity contribution in [2.24, 2.45) is 0 Å². The van der Waals surface area contributed by atoms with Crippen LogP contribution in [0.5, 0.6) is 17.2 Å². The Labute approximate surface area is 272 Å². The molecule has 0 radical (unpaired) electrons. The zero-order chi connectivity index (χ0) is 31.3. The van der Waals surface area contributed by atoms with Gasteiger partial charge in [0.2, 0.25) is 4.96 Å². The van der Waals surface area contributed by atoms with Crippen molar-refractivity contribution in [2.75, 3.05) is 20.8 Å². The van der Waals surface area contributed by atoms with E-state index in [0.717, 1.165) is 51.1 Å². The highest BCUT2D eigenvalue weighted by Gasteiger charge is 2.15. The highest BCUT2D eigenvalue weighted by atomic mass is 79.9. The molecule has 0 N–H and O–H groups in total. The van der Waals surface area contributed by atoms with Crippen LogP contribution >= 0.6 is 27.3 Å². The molecule has 0 amide bonds. The van der Waals surface area contributed by atoms with Crippen molar-refractivity contribution < 1.29 is 14.2 Å². The van der Waals surface area contributed by atoms with Crippen molar-refractivity contribution in [1.82, 2.24) is 24.4 Å². The lowest BCUT2D eigenvalue weighted by molar-refractivity contribution is 0.288. The number of halogens is 1. The Morgan fingerprint density at radius 1 is 0.933 bits per heavy atom. The fourth-order valence-corrected chi connectivity index (χ4v) is 6.16. The fourth-order valence-electron chi connectivity index (χ4n) is 4.71. The van der Waals surface area contributed by atoms with Crippen LogP contribution in [0.3, 0.4) is 0 Å². The molecule has 0 fully saturated rings. The quantitative estimate of drug-likeness (QED) is 0.141. The number of thiazole rings is 1. The topological polar surface area (TPSA) is 92.8 Å². The number of benzene rings is 3. The molecule has 6 aromatic rings. The highest BCUT2D eigenvalue weighted by molar-refractivity contribution is 9.10. The molecule has 45 heavy (non-hydrogen) atoms. The molecule has 9 nitrogen and oxygen atoms in total. The third-order valence-corrected chi connectivity index (χ3v) is 8.62. The first-order chi connectivity index (χ1) is 22.0. The maximum atomic E-state index is 13.4. The van der Waals surface area contributed by atoms with Gasteiger partial charge in [0.05, 0.1) is 35.5 Å². The number of fused-ring (bicyclic) bond motifs is 1. The molecule has 0 bridgehead atoms. The predicted molar refractivity (Wildman–Crippen MR) is 181 cm³/mol. The average Bonchev–Trinajstić information content (AvgIpc) is 3.75.